The second kappa shape index (κ2) is 5.30. The van der Waals surface area contributed by atoms with Crippen molar-refractivity contribution >= 4 is 11.7 Å². The summed E-state index contributed by atoms with van der Waals surface area (Å²) in [4.78, 5) is 29.7. The van der Waals surface area contributed by atoms with Crippen LogP contribution in [0.3, 0.4) is 0 Å². The number of allylic oxidation sites excluding steroid dienone is 3. The van der Waals surface area contributed by atoms with E-state index in [1.54, 1.807) is 24.1 Å². The number of carbonyl (C=O) groups excluding carboxylic acids is 2. The van der Waals surface area contributed by atoms with Gasteiger partial charge >= 0.3 is 0 Å². The van der Waals surface area contributed by atoms with Gasteiger partial charge < -0.3 is 9.74 Å². The molecule has 0 atom stereocenters. The fourth-order valence-electron chi connectivity index (χ4n) is 2.02. The van der Waals surface area contributed by atoms with Gasteiger partial charge in [-0.25, -0.2) is 5.48 Å². The van der Waals surface area contributed by atoms with Crippen LogP contribution in [0, 0.1) is 0 Å². The molecule has 2 aliphatic rings. The van der Waals surface area contributed by atoms with Crippen LogP contribution in [0.5, 0.6) is 0 Å². The second-order valence-electron chi connectivity index (χ2n) is 4.80. The highest BCUT2D eigenvalue weighted by Crippen LogP contribution is 2.30. The molecule has 0 saturated carbocycles. The summed E-state index contributed by atoms with van der Waals surface area (Å²) in [5.74, 6) is 0.826. The molecule has 5 heteroatoms. The number of hydrogen-bond acceptors (Lipinski definition) is 4. The van der Waals surface area contributed by atoms with Crippen LogP contribution in [-0.4, -0.2) is 30.2 Å². The van der Waals surface area contributed by atoms with E-state index >= 15 is 0 Å². The Hall–Kier alpha value is -2.04. The quantitative estimate of drug-likeness (QED) is 0.836. The summed E-state index contributed by atoms with van der Waals surface area (Å²) in [6.07, 6.45) is 4.46. The van der Waals surface area contributed by atoms with Crippen molar-refractivity contribution in [3.63, 3.8) is 0 Å². The number of ketones is 1. The summed E-state index contributed by atoms with van der Waals surface area (Å²) in [5, 5.41) is 0. The fraction of sp³-hybridized carbons (Fsp3) is 0.429. The molecule has 102 valence electrons. The van der Waals surface area contributed by atoms with Crippen molar-refractivity contribution in [3.8, 4) is 0 Å². The van der Waals surface area contributed by atoms with Crippen LogP contribution < -0.4 is 5.48 Å². The van der Waals surface area contributed by atoms with Crippen molar-refractivity contribution in [3.05, 3.63) is 34.8 Å². The van der Waals surface area contributed by atoms with Gasteiger partial charge in [0.1, 0.15) is 0 Å². The molecule has 1 aliphatic heterocycles. The lowest BCUT2D eigenvalue weighted by Crippen LogP contribution is -2.30. The van der Waals surface area contributed by atoms with Gasteiger partial charge in [-0.1, -0.05) is 0 Å². The fourth-order valence-corrected chi connectivity index (χ4v) is 2.02. The van der Waals surface area contributed by atoms with Gasteiger partial charge in [0.25, 0.3) is 0 Å². The number of nitrogens with zero attached hydrogens (tertiary/aromatic N) is 1. The molecule has 1 amide bonds. The highest BCUT2D eigenvalue weighted by Gasteiger charge is 2.23. The molecule has 2 rings (SSSR count). The molecule has 0 radical (unpaired) electrons. The van der Waals surface area contributed by atoms with E-state index < -0.39 is 0 Å². The molecule has 19 heavy (non-hydrogen) atoms. The van der Waals surface area contributed by atoms with Crippen molar-refractivity contribution < 1.29 is 14.4 Å². The van der Waals surface area contributed by atoms with Crippen molar-refractivity contribution in [1.29, 1.82) is 0 Å². The maximum atomic E-state index is 11.5. The van der Waals surface area contributed by atoms with Crippen LogP contribution in [0.1, 0.15) is 26.7 Å². The smallest absolute Gasteiger partial charge is 0.219 e. The Balaban J connectivity index is 2.13. The highest BCUT2D eigenvalue weighted by atomic mass is 16.6. The van der Waals surface area contributed by atoms with Crippen LogP contribution in [0.2, 0.25) is 0 Å². The largest absolute Gasteiger partial charge is 0.382 e. The Bertz CT molecular complexity index is 515. The monoisotopic (exact) mass is 262 g/mol. The molecular formula is C14H18N2O3. The first-order valence-corrected chi connectivity index (χ1v) is 6.28. The number of amides is 1. The lowest BCUT2D eigenvalue weighted by molar-refractivity contribution is -0.127. The van der Waals surface area contributed by atoms with Crippen LogP contribution in [-0.2, 0) is 14.4 Å². The van der Waals surface area contributed by atoms with Crippen molar-refractivity contribution in [2.45, 2.75) is 26.7 Å². The van der Waals surface area contributed by atoms with E-state index in [-0.39, 0.29) is 11.7 Å². The van der Waals surface area contributed by atoms with E-state index in [4.69, 9.17) is 4.84 Å². The number of fused-ring (bicyclic) bond motifs is 1. The summed E-state index contributed by atoms with van der Waals surface area (Å²) in [5.41, 5.74) is 5.65. The van der Waals surface area contributed by atoms with E-state index in [1.807, 2.05) is 6.92 Å². The molecule has 0 aromatic rings. The van der Waals surface area contributed by atoms with Gasteiger partial charge in [-0.3, -0.25) is 9.59 Å². The van der Waals surface area contributed by atoms with Crippen LogP contribution in [0.25, 0.3) is 0 Å². The maximum Gasteiger partial charge on any atom is 0.219 e. The summed E-state index contributed by atoms with van der Waals surface area (Å²) in [7, 11) is 1.76. The molecule has 1 N–H and O–H groups in total. The number of carbonyl (C=O) groups is 2. The zero-order chi connectivity index (χ0) is 14.0. The minimum absolute atomic E-state index is 0.0302. The lowest BCUT2D eigenvalue weighted by atomic mass is 9.95. The summed E-state index contributed by atoms with van der Waals surface area (Å²) in [6.45, 7) is 4.10. The molecule has 5 nitrogen and oxygen atoms in total. The zero-order valence-electron chi connectivity index (χ0n) is 11.4. The predicted molar refractivity (Wildman–Crippen MR) is 70.6 cm³/mol. The standard InChI is InChI=1S/C14H18N2O3/c1-9-12-8-11(18)4-5-14(12)19-15-13(9)6-7-16(3)10(2)17/h5,8,15H,4,6-7H2,1-3H3. The minimum Gasteiger partial charge on any atom is -0.382 e. The summed E-state index contributed by atoms with van der Waals surface area (Å²) in [6, 6.07) is 0. The third kappa shape index (κ3) is 2.86. The van der Waals surface area contributed by atoms with Crippen molar-refractivity contribution in [2.75, 3.05) is 13.6 Å². The Morgan fingerprint density at radius 1 is 1.53 bits per heavy atom. The normalized spacial score (nSPS) is 17.9. The second-order valence-corrected chi connectivity index (χ2v) is 4.80. The van der Waals surface area contributed by atoms with Gasteiger partial charge in [0.05, 0.1) is 5.70 Å². The molecule has 0 spiro atoms. The van der Waals surface area contributed by atoms with Gasteiger partial charge in [-0.15, -0.1) is 0 Å². The van der Waals surface area contributed by atoms with E-state index in [0.717, 1.165) is 16.8 Å². The van der Waals surface area contributed by atoms with E-state index in [0.29, 0.717) is 25.1 Å². The molecule has 0 aromatic carbocycles. The minimum atomic E-state index is 0.0302. The zero-order valence-corrected chi connectivity index (χ0v) is 11.4. The molecule has 0 saturated heterocycles. The number of hydroxylamine groups is 1. The average molecular weight is 262 g/mol. The average Bonchev–Trinajstić information content (AvgIpc) is 2.38. The van der Waals surface area contributed by atoms with Gasteiger partial charge in [0, 0.05) is 38.9 Å². The van der Waals surface area contributed by atoms with E-state index in [2.05, 4.69) is 5.48 Å². The summed E-state index contributed by atoms with van der Waals surface area (Å²) < 4.78 is 0. The number of nitrogens with one attached hydrogen (secondary N) is 1. The Morgan fingerprint density at radius 3 is 2.95 bits per heavy atom. The SMILES string of the molecule is CC(=O)N(C)CCC1=C(C)C2=CC(=O)CC=C2ON1. The first kappa shape index (κ1) is 13.4. The van der Waals surface area contributed by atoms with E-state index in [9.17, 15) is 9.59 Å². The Morgan fingerprint density at radius 2 is 2.26 bits per heavy atom. The van der Waals surface area contributed by atoms with Crippen LogP contribution in [0.15, 0.2) is 34.8 Å². The molecule has 0 fully saturated rings. The Labute approximate surface area is 112 Å². The number of hydrogen-bond donors (Lipinski definition) is 1. The molecule has 1 heterocycles. The van der Waals surface area contributed by atoms with Gasteiger partial charge in [-0.2, -0.15) is 0 Å². The summed E-state index contributed by atoms with van der Waals surface area (Å²) >= 11 is 0. The number of rotatable bonds is 3. The first-order chi connectivity index (χ1) is 8.99. The molecule has 0 unspecified atom stereocenters. The highest BCUT2D eigenvalue weighted by molar-refractivity contribution is 5.94. The van der Waals surface area contributed by atoms with Crippen LogP contribution >= 0.6 is 0 Å². The topological polar surface area (TPSA) is 58.6 Å². The Kier molecular flexibility index (Phi) is 3.74. The van der Waals surface area contributed by atoms with E-state index in [1.165, 1.54) is 6.92 Å². The third-order valence-electron chi connectivity index (χ3n) is 3.44. The van der Waals surface area contributed by atoms with Gasteiger partial charge in [0.2, 0.25) is 5.91 Å². The maximum absolute atomic E-state index is 11.5. The van der Waals surface area contributed by atoms with Crippen molar-refractivity contribution in [2.24, 2.45) is 0 Å². The van der Waals surface area contributed by atoms with Crippen molar-refractivity contribution in [1.82, 2.24) is 10.4 Å². The first-order valence-electron chi connectivity index (χ1n) is 6.28. The molecule has 0 aromatic heterocycles. The van der Waals surface area contributed by atoms with Crippen LogP contribution in [0.4, 0.5) is 0 Å². The lowest BCUT2D eigenvalue weighted by Gasteiger charge is -2.27. The van der Waals surface area contributed by atoms with Gasteiger partial charge in [0.15, 0.2) is 11.5 Å². The molecular weight excluding hydrogens is 244 g/mol. The molecule has 1 aliphatic carbocycles. The third-order valence-corrected chi connectivity index (χ3v) is 3.44. The molecule has 0 bridgehead atoms. The predicted octanol–water partition coefficient (Wildman–Crippen LogP) is 1.45. The van der Waals surface area contributed by atoms with Gasteiger partial charge in [-0.05, 0) is 24.6 Å².